The number of nitrogens with two attached hydrogens (primary N) is 1. The number of carbonyl (C=O) groups is 1. The van der Waals surface area contributed by atoms with Crippen molar-refractivity contribution in [1.29, 1.82) is 5.26 Å². The van der Waals surface area contributed by atoms with Crippen molar-refractivity contribution in [3.05, 3.63) is 0 Å². The minimum atomic E-state index is -0.528. The first kappa shape index (κ1) is 13.9. The third-order valence-corrected chi connectivity index (χ3v) is 2.21. The molecule has 3 N–H and O–H groups in total. The number of hydrogen-bond donors (Lipinski definition) is 2. The van der Waals surface area contributed by atoms with Gasteiger partial charge in [0.05, 0.1) is 17.5 Å². The second-order valence-electron chi connectivity index (χ2n) is 4.46. The second kappa shape index (κ2) is 6.41. The first-order chi connectivity index (χ1) is 6.93. The molecule has 0 bridgehead atoms. The van der Waals surface area contributed by atoms with Gasteiger partial charge in [0, 0.05) is 6.54 Å². The molecule has 0 aromatic rings. The Kier molecular flexibility index (Phi) is 5.95. The van der Waals surface area contributed by atoms with E-state index in [9.17, 15) is 4.79 Å². The third-order valence-electron chi connectivity index (χ3n) is 2.21. The Morgan fingerprint density at radius 3 is 2.67 bits per heavy atom. The van der Waals surface area contributed by atoms with Crippen LogP contribution in [0.3, 0.4) is 0 Å². The molecule has 0 heterocycles. The molecule has 0 saturated carbocycles. The van der Waals surface area contributed by atoms with Gasteiger partial charge in [-0.3, -0.25) is 4.79 Å². The van der Waals surface area contributed by atoms with Crippen molar-refractivity contribution in [1.82, 2.24) is 5.32 Å². The molecule has 0 spiro atoms. The lowest BCUT2D eigenvalue weighted by molar-refractivity contribution is -0.122. The Hall–Kier alpha value is -1.08. The van der Waals surface area contributed by atoms with Crippen LogP contribution in [0.4, 0.5) is 0 Å². The summed E-state index contributed by atoms with van der Waals surface area (Å²) in [6.45, 7) is 5.97. The lowest BCUT2D eigenvalue weighted by atomic mass is 9.96. The summed E-state index contributed by atoms with van der Waals surface area (Å²) < 4.78 is 0. The molecule has 0 aromatic carbocycles. The monoisotopic (exact) mass is 211 g/mol. The number of carbonyl (C=O) groups excluding carboxylic acids is 1. The van der Waals surface area contributed by atoms with E-state index in [4.69, 9.17) is 11.0 Å². The molecule has 1 unspecified atom stereocenters. The first-order valence-electron chi connectivity index (χ1n) is 5.37. The van der Waals surface area contributed by atoms with Crippen LogP contribution in [0.1, 0.15) is 40.0 Å². The Morgan fingerprint density at radius 1 is 1.60 bits per heavy atom. The fourth-order valence-electron chi connectivity index (χ4n) is 1.03. The fourth-order valence-corrected chi connectivity index (χ4v) is 1.03. The quantitative estimate of drug-likeness (QED) is 0.692. The standard InChI is InChI=1S/C11H21N3O/c1-4-5-6-9(13)10(15)14-8-11(2,3)7-12/h9H,4-6,8,13H2,1-3H3,(H,14,15). The van der Waals surface area contributed by atoms with Gasteiger partial charge in [-0.2, -0.15) is 5.26 Å². The topological polar surface area (TPSA) is 78.9 Å². The number of rotatable bonds is 6. The van der Waals surface area contributed by atoms with Gasteiger partial charge in [-0.1, -0.05) is 19.8 Å². The summed E-state index contributed by atoms with van der Waals surface area (Å²) in [4.78, 5) is 11.5. The van der Waals surface area contributed by atoms with Gasteiger partial charge in [0.25, 0.3) is 0 Å². The minimum absolute atomic E-state index is 0.160. The van der Waals surface area contributed by atoms with Crippen molar-refractivity contribution < 1.29 is 4.79 Å². The highest BCUT2D eigenvalue weighted by Gasteiger charge is 2.19. The summed E-state index contributed by atoms with van der Waals surface area (Å²) in [6.07, 6.45) is 2.69. The van der Waals surface area contributed by atoms with Crippen molar-refractivity contribution >= 4 is 5.91 Å². The van der Waals surface area contributed by atoms with E-state index in [1.165, 1.54) is 0 Å². The van der Waals surface area contributed by atoms with E-state index in [0.717, 1.165) is 12.8 Å². The Balaban J connectivity index is 3.89. The largest absolute Gasteiger partial charge is 0.353 e. The molecule has 1 amide bonds. The smallest absolute Gasteiger partial charge is 0.236 e. The zero-order chi connectivity index (χ0) is 11.9. The van der Waals surface area contributed by atoms with Crippen LogP contribution in [0.15, 0.2) is 0 Å². The second-order valence-corrected chi connectivity index (χ2v) is 4.46. The normalized spacial score (nSPS) is 13.0. The average Bonchev–Trinajstić information content (AvgIpc) is 2.22. The minimum Gasteiger partial charge on any atom is -0.353 e. The summed E-state index contributed by atoms with van der Waals surface area (Å²) in [5.74, 6) is -0.160. The van der Waals surface area contributed by atoms with Crippen molar-refractivity contribution in [3.63, 3.8) is 0 Å². The van der Waals surface area contributed by atoms with Gasteiger partial charge in [0.2, 0.25) is 5.91 Å². The highest BCUT2D eigenvalue weighted by molar-refractivity contribution is 5.81. The molecule has 86 valence electrons. The average molecular weight is 211 g/mol. The molecule has 0 aliphatic rings. The Labute approximate surface area is 91.8 Å². The molecule has 4 heteroatoms. The van der Waals surface area contributed by atoms with Gasteiger partial charge in [-0.05, 0) is 20.3 Å². The number of unbranched alkanes of at least 4 members (excludes halogenated alkanes) is 1. The van der Waals surface area contributed by atoms with Crippen LogP contribution in [0.25, 0.3) is 0 Å². The van der Waals surface area contributed by atoms with Crippen LogP contribution in [0.2, 0.25) is 0 Å². The van der Waals surface area contributed by atoms with Gasteiger partial charge in [-0.15, -0.1) is 0 Å². The Morgan fingerprint density at radius 2 is 2.20 bits per heavy atom. The van der Waals surface area contributed by atoms with Crippen molar-refractivity contribution in [2.45, 2.75) is 46.1 Å². The van der Waals surface area contributed by atoms with Crippen LogP contribution in [-0.4, -0.2) is 18.5 Å². The molecule has 0 saturated heterocycles. The van der Waals surface area contributed by atoms with Crippen LogP contribution in [-0.2, 0) is 4.79 Å². The molecule has 0 fully saturated rings. The zero-order valence-corrected chi connectivity index (χ0v) is 9.84. The fraction of sp³-hybridized carbons (Fsp3) is 0.818. The molecule has 4 nitrogen and oxygen atoms in total. The molecular formula is C11H21N3O. The predicted molar refractivity (Wildman–Crippen MR) is 59.9 cm³/mol. The van der Waals surface area contributed by atoms with E-state index in [-0.39, 0.29) is 5.91 Å². The molecule has 0 radical (unpaired) electrons. The lowest BCUT2D eigenvalue weighted by Gasteiger charge is -2.18. The van der Waals surface area contributed by atoms with E-state index >= 15 is 0 Å². The van der Waals surface area contributed by atoms with E-state index in [2.05, 4.69) is 18.3 Å². The molecule has 0 rings (SSSR count). The van der Waals surface area contributed by atoms with Crippen LogP contribution in [0, 0.1) is 16.7 Å². The number of hydrogen-bond acceptors (Lipinski definition) is 3. The highest BCUT2D eigenvalue weighted by atomic mass is 16.2. The molecular weight excluding hydrogens is 190 g/mol. The van der Waals surface area contributed by atoms with Crippen LogP contribution in [0.5, 0.6) is 0 Å². The highest BCUT2D eigenvalue weighted by Crippen LogP contribution is 2.10. The van der Waals surface area contributed by atoms with Crippen molar-refractivity contribution in [2.24, 2.45) is 11.1 Å². The zero-order valence-electron chi connectivity index (χ0n) is 9.84. The number of nitrogens with one attached hydrogen (secondary N) is 1. The summed E-state index contributed by atoms with van der Waals surface area (Å²) >= 11 is 0. The third kappa shape index (κ3) is 6.08. The molecule has 0 aliphatic heterocycles. The molecule has 1 atom stereocenters. The van der Waals surface area contributed by atoms with Gasteiger partial charge < -0.3 is 11.1 Å². The van der Waals surface area contributed by atoms with E-state index < -0.39 is 11.5 Å². The van der Waals surface area contributed by atoms with Gasteiger partial charge in [-0.25, -0.2) is 0 Å². The maximum atomic E-state index is 11.5. The van der Waals surface area contributed by atoms with Crippen molar-refractivity contribution in [3.8, 4) is 6.07 Å². The maximum absolute atomic E-state index is 11.5. The number of amides is 1. The van der Waals surface area contributed by atoms with Gasteiger partial charge in [0.1, 0.15) is 0 Å². The first-order valence-corrected chi connectivity index (χ1v) is 5.37. The van der Waals surface area contributed by atoms with Crippen LogP contribution < -0.4 is 11.1 Å². The van der Waals surface area contributed by atoms with Crippen molar-refractivity contribution in [2.75, 3.05) is 6.54 Å². The predicted octanol–water partition coefficient (Wildman–Crippen LogP) is 1.17. The molecule has 0 aromatic heterocycles. The summed E-state index contributed by atoms with van der Waals surface area (Å²) in [5, 5.41) is 11.5. The van der Waals surface area contributed by atoms with E-state index in [1.54, 1.807) is 13.8 Å². The number of nitriles is 1. The SMILES string of the molecule is CCCCC(N)C(=O)NCC(C)(C)C#N. The summed E-state index contributed by atoms with van der Waals surface area (Å²) in [7, 11) is 0. The molecule has 0 aliphatic carbocycles. The van der Waals surface area contributed by atoms with Crippen LogP contribution >= 0.6 is 0 Å². The van der Waals surface area contributed by atoms with E-state index in [0.29, 0.717) is 13.0 Å². The van der Waals surface area contributed by atoms with E-state index in [1.807, 2.05) is 0 Å². The molecule has 15 heavy (non-hydrogen) atoms. The van der Waals surface area contributed by atoms with Gasteiger partial charge >= 0.3 is 0 Å². The van der Waals surface area contributed by atoms with Gasteiger partial charge in [0.15, 0.2) is 0 Å². The Bertz CT molecular complexity index is 243. The maximum Gasteiger partial charge on any atom is 0.236 e. The lowest BCUT2D eigenvalue weighted by Crippen LogP contribution is -2.43. The number of nitrogens with zero attached hydrogens (tertiary/aromatic N) is 1. The summed E-state index contributed by atoms with van der Waals surface area (Å²) in [6, 6.07) is 1.68. The summed E-state index contributed by atoms with van der Waals surface area (Å²) in [5.41, 5.74) is 5.15.